The summed E-state index contributed by atoms with van der Waals surface area (Å²) in [6.45, 7) is 6.69. The number of carboxylic acids is 5. The van der Waals surface area contributed by atoms with E-state index in [0.717, 1.165) is 61.4 Å². The second-order valence-electron chi connectivity index (χ2n) is 16.7. The Balaban J connectivity index is 0.000000203. The number of fused-ring (bicyclic) bond motifs is 2. The fourth-order valence-electron chi connectivity index (χ4n) is 8.88. The number of H-pyrrole nitrogens is 2. The third-order valence-corrected chi connectivity index (χ3v) is 12.6. The molecule has 2 aromatic heterocycles. The van der Waals surface area contributed by atoms with Crippen LogP contribution in [0.3, 0.4) is 0 Å². The van der Waals surface area contributed by atoms with Crippen LogP contribution in [0.2, 0.25) is 0 Å². The third kappa shape index (κ3) is 11.7. The Morgan fingerprint density at radius 3 is 1.58 bits per heavy atom. The first kappa shape index (κ1) is 52.7. The molecule has 2 aliphatic heterocycles. The van der Waals surface area contributed by atoms with E-state index >= 15 is 0 Å². The lowest BCUT2D eigenvalue weighted by Crippen LogP contribution is -2.35. The highest BCUT2D eigenvalue weighted by Crippen LogP contribution is 2.50. The smallest absolute Gasteiger partial charge is 0.481 e. The Bertz CT molecular complexity index is 2710. The average molecular weight is 982 g/mol. The summed E-state index contributed by atoms with van der Waals surface area (Å²) in [5.41, 5.74) is 8.48. The Morgan fingerprint density at radius 2 is 1.16 bits per heavy atom. The minimum Gasteiger partial charge on any atom is -0.481 e. The quantitative estimate of drug-likeness (QED) is 0.0881. The number of nitrogens with one attached hydrogen (secondary N) is 2. The SMILES string of the molecule is CCc1cc(C(=O)O)c(=O)[nH]c1-c1ccc(N2CC3CCCC3(C(=O)O)C2)cc1.CCc1cc(C(=O)O)c(=O)[nH]c1-c1ccc(N2C[C@@H]3C(N)[C@@H]3C2)cc1F.O=C(O)C(F)(F)F.O=C(O)C(F)(F)F. The van der Waals surface area contributed by atoms with Crippen LogP contribution < -0.4 is 26.7 Å². The summed E-state index contributed by atoms with van der Waals surface area (Å²) in [6.07, 6.45) is -6.44. The number of anilines is 2. The number of nitrogens with two attached hydrogens (primary N) is 1. The summed E-state index contributed by atoms with van der Waals surface area (Å²) in [5.74, 6) is -7.99. The van der Waals surface area contributed by atoms with Gasteiger partial charge in [-0.05, 0) is 103 Å². The molecular weight excluding hydrogens is 936 g/mol. The number of aryl methyl sites for hydroxylation is 2. The van der Waals surface area contributed by atoms with Gasteiger partial charge in [0.25, 0.3) is 11.1 Å². The number of nitrogens with zero attached hydrogens (tertiary/aromatic N) is 2. The van der Waals surface area contributed by atoms with Gasteiger partial charge in [0, 0.05) is 49.2 Å². The van der Waals surface area contributed by atoms with Gasteiger partial charge in [-0.15, -0.1) is 0 Å². The van der Waals surface area contributed by atoms with Gasteiger partial charge >= 0.3 is 42.2 Å². The molecule has 0 bridgehead atoms. The van der Waals surface area contributed by atoms with Crippen molar-refractivity contribution in [3.8, 4) is 22.5 Å². The molecule has 4 fully saturated rings. The van der Waals surface area contributed by atoms with Gasteiger partial charge in [0.15, 0.2) is 0 Å². The van der Waals surface area contributed by atoms with Crippen molar-refractivity contribution in [2.24, 2.45) is 28.9 Å². The fraction of sp³-hybridized carbons (Fsp3) is 0.400. The van der Waals surface area contributed by atoms with E-state index in [4.69, 9.17) is 35.7 Å². The lowest BCUT2D eigenvalue weighted by atomic mass is 9.81. The monoisotopic (exact) mass is 981 g/mol. The number of aromatic carboxylic acids is 2. The number of alkyl halides is 6. The van der Waals surface area contributed by atoms with E-state index in [1.165, 1.54) is 18.2 Å². The molecule has 2 saturated heterocycles. The van der Waals surface area contributed by atoms with Crippen molar-refractivity contribution in [1.29, 1.82) is 0 Å². The van der Waals surface area contributed by atoms with E-state index < -0.39 is 64.5 Å². The second-order valence-corrected chi connectivity index (χ2v) is 16.7. The number of piperidine rings is 1. The maximum atomic E-state index is 14.8. The Hall–Kier alpha value is -7.24. The predicted octanol–water partition coefficient (Wildman–Crippen LogP) is 6.10. The fourth-order valence-corrected chi connectivity index (χ4v) is 8.88. The Kier molecular flexibility index (Phi) is 15.7. The first-order valence-electron chi connectivity index (χ1n) is 21.1. The molecule has 69 heavy (non-hydrogen) atoms. The summed E-state index contributed by atoms with van der Waals surface area (Å²) < 4.78 is 78.3. The normalized spacial score (nSPS) is 21.0. The van der Waals surface area contributed by atoms with Crippen molar-refractivity contribution in [2.75, 3.05) is 36.0 Å². The molecule has 17 nitrogen and oxygen atoms in total. The number of carbonyl (C=O) groups is 5. The van der Waals surface area contributed by atoms with Gasteiger partial charge in [-0.2, -0.15) is 26.3 Å². The van der Waals surface area contributed by atoms with Crippen molar-refractivity contribution in [1.82, 2.24) is 9.97 Å². The number of carboxylic acid groups (broad SMARTS) is 5. The van der Waals surface area contributed by atoms with Crippen molar-refractivity contribution in [2.45, 2.75) is 64.3 Å². The highest BCUT2D eigenvalue weighted by molar-refractivity contribution is 5.89. The van der Waals surface area contributed by atoms with Crippen LogP contribution >= 0.6 is 0 Å². The number of halogens is 7. The van der Waals surface area contributed by atoms with Crippen molar-refractivity contribution < 1.29 is 80.2 Å². The van der Waals surface area contributed by atoms with Gasteiger partial charge in [0.05, 0.1) is 16.8 Å². The number of aliphatic carboxylic acids is 3. The molecule has 9 N–H and O–H groups in total. The number of aromatic nitrogens is 2. The molecular formula is C45H46F7N5O12. The van der Waals surface area contributed by atoms with Crippen LogP contribution in [0.25, 0.3) is 22.5 Å². The van der Waals surface area contributed by atoms with Gasteiger partial charge in [0.2, 0.25) is 0 Å². The maximum Gasteiger partial charge on any atom is 0.490 e. The molecule has 0 radical (unpaired) electrons. The topological polar surface area (TPSA) is 285 Å². The highest BCUT2D eigenvalue weighted by Gasteiger charge is 2.55. The van der Waals surface area contributed by atoms with E-state index in [1.54, 1.807) is 6.07 Å². The first-order valence-corrected chi connectivity index (χ1v) is 21.1. The zero-order chi connectivity index (χ0) is 51.5. The summed E-state index contributed by atoms with van der Waals surface area (Å²) in [5, 5.41) is 42.3. The molecule has 2 aliphatic carbocycles. The van der Waals surface area contributed by atoms with E-state index in [9.17, 15) is 59.8 Å². The first-order chi connectivity index (χ1) is 32.1. The molecule has 4 aliphatic rings. The molecule has 372 valence electrons. The highest BCUT2D eigenvalue weighted by atomic mass is 19.4. The average Bonchev–Trinajstić information content (AvgIpc) is 3.70. The molecule has 2 aromatic carbocycles. The van der Waals surface area contributed by atoms with Crippen LogP contribution in [0.4, 0.5) is 42.1 Å². The van der Waals surface area contributed by atoms with Crippen molar-refractivity contribution in [3.05, 3.63) is 103 Å². The molecule has 3 unspecified atom stereocenters. The zero-order valence-electron chi connectivity index (χ0n) is 36.6. The van der Waals surface area contributed by atoms with Crippen LogP contribution in [0, 0.1) is 29.0 Å². The number of aromatic amines is 2. The number of rotatable bonds is 9. The number of benzene rings is 2. The van der Waals surface area contributed by atoms with Gasteiger partial charge in [-0.25, -0.2) is 23.6 Å². The molecule has 4 heterocycles. The minimum absolute atomic E-state index is 0.186. The lowest BCUT2D eigenvalue weighted by molar-refractivity contribution is -0.193. The van der Waals surface area contributed by atoms with Crippen LogP contribution in [0.1, 0.15) is 65.0 Å². The molecule has 0 spiro atoms. The van der Waals surface area contributed by atoms with Crippen molar-refractivity contribution >= 4 is 41.2 Å². The minimum atomic E-state index is -5.08. The van der Waals surface area contributed by atoms with Crippen LogP contribution in [-0.2, 0) is 27.2 Å². The standard InChI is InChI=1S/C22H24N2O5.C19H20FN3O3.2C2HF3O2/c1-2-13-10-17(20(26)27)19(25)23-18(13)14-5-7-16(8-6-14)24-11-15-4-3-9-22(15,12-24)21(28)29;1-2-9-5-12(19(25)26)18(24)22-17(9)11-4-3-10(6-15(11)20)23-7-13-14(8-23)16(13)21;2*3-2(4,5)1(6)7/h5-8,10,15H,2-4,9,11-12H2,1H3,(H,23,25)(H,26,27)(H,28,29);3-6,13-14,16H,2,7-8,21H2,1H3,(H,22,24)(H,25,26);2*(H,6,7)/t;13-,14+,16?;;. The molecule has 5 atom stereocenters. The van der Waals surface area contributed by atoms with Gasteiger partial charge < -0.3 is 51.0 Å². The third-order valence-electron chi connectivity index (χ3n) is 12.6. The van der Waals surface area contributed by atoms with E-state index in [1.807, 2.05) is 44.2 Å². The van der Waals surface area contributed by atoms with Crippen LogP contribution in [0.5, 0.6) is 0 Å². The summed E-state index contributed by atoms with van der Waals surface area (Å²) in [7, 11) is 0. The van der Waals surface area contributed by atoms with Crippen LogP contribution in [0.15, 0.2) is 64.2 Å². The number of hydrogen-bond acceptors (Lipinski definition) is 10. The largest absolute Gasteiger partial charge is 0.490 e. The van der Waals surface area contributed by atoms with Gasteiger partial charge in [-0.1, -0.05) is 32.4 Å². The Labute approximate surface area is 386 Å². The molecule has 0 amide bonds. The van der Waals surface area contributed by atoms with Crippen LogP contribution in [-0.4, -0.2) is 110 Å². The molecule has 24 heteroatoms. The van der Waals surface area contributed by atoms with Crippen molar-refractivity contribution in [3.63, 3.8) is 0 Å². The maximum absolute atomic E-state index is 14.8. The Morgan fingerprint density at radius 1 is 0.696 bits per heavy atom. The summed E-state index contributed by atoms with van der Waals surface area (Å²) >= 11 is 0. The van der Waals surface area contributed by atoms with Gasteiger partial charge in [0.1, 0.15) is 16.9 Å². The van der Waals surface area contributed by atoms with Gasteiger partial charge in [-0.3, -0.25) is 14.4 Å². The predicted molar refractivity (Wildman–Crippen MR) is 232 cm³/mol. The molecule has 8 rings (SSSR count). The zero-order valence-corrected chi connectivity index (χ0v) is 36.6. The number of hydrogen-bond donors (Lipinski definition) is 8. The number of pyridine rings is 2. The van der Waals surface area contributed by atoms with E-state index in [-0.39, 0.29) is 28.7 Å². The lowest BCUT2D eigenvalue weighted by Gasteiger charge is -2.24. The molecule has 4 aromatic rings. The molecule has 2 saturated carbocycles. The summed E-state index contributed by atoms with van der Waals surface area (Å²) in [4.78, 5) is 85.7. The van der Waals surface area contributed by atoms with E-state index in [2.05, 4.69) is 19.8 Å². The second kappa shape index (κ2) is 20.5. The summed E-state index contributed by atoms with van der Waals surface area (Å²) in [6, 6.07) is 15.6. The van der Waals surface area contributed by atoms with E-state index in [0.29, 0.717) is 48.2 Å².